The van der Waals surface area contributed by atoms with Crippen LogP contribution in [-0.2, 0) is 9.53 Å². The summed E-state index contributed by atoms with van der Waals surface area (Å²) in [6.07, 6.45) is 0. The van der Waals surface area contributed by atoms with Gasteiger partial charge in [0.25, 0.3) is 11.8 Å². The van der Waals surface area contributed by atoms with Gasteiger partial charge in [-0.1, -0.05) is 35.4 Å². The molecule has 148 valence electrons. The molecule has 0 fully saturated rings. The van der Waals surface area contributed by atoms with Crippen molar-refractivity contribution >= 4 is 40.3 Å². The van der Waals surface area contributed by atoms with Gasteiger partial charge < -0.3 is 4.74 Å². The minimum Gasteiger partial charge on any atom is -0.452 e. The standard InChI is InChI=1S/C21H18ClN3O4/c1-12-7-8-18-15(9-12)16(10-13(2)23-18)21(28)29-11-19(26)24-25-20(27)14-5-3-4-6-17(14)22/h3-10H,11H2,1-2H3,(H,24,26)(H,25,27). The molecule has 0 radical (unpaired) electrons. The van der Waals surface area contributed by atoms with Crippen molar-refractivity contribution in [2.45, 2.75) is 13.8 Å². The number of rotatable bonds is 4. The number of carbonyl (C=O) groups is 3. The third-order valence-corrected chi connectivity index (χ3v) is 4.41. The number of fused-ring (bicyclic) bond motifs is 1. The largest absolute Gasteiger partial charge is 0.452 e. The molecular formula is C21H18ClN3O4. The third-order valence-electron chi connectivity index (χ3n) is 4.08. The summed E-state index contributed by atoms with van der Waals surface area (Å²) < 4.78 is 5.10. The maximum atomic E-state index is 12.5. The number of aromatic nitrogens is 1. The minimum atomic E-state index is -0.690. The molecule has 1 aromatic heterocycles. The third kappa shape index (κ3) is 4.89. The fourth-order valence-corrected chi connectivity index (χ4v) is 2.95. The maximum Gasteiger partial charge on any atom is 0.339 e. The number of benzene rings is 2. The number of nitrogens with one attached hydrogen (secondary N) is 2. The zero-order valence-electron chi connectivity index (χ0n) is 15.8. The molecule has 2 N–H and O–H groups in total. The maximum absolute atomic E-state index is 12.5. The van der Waals surface area contributed by atoms with Crippen molar-refractivity contribution in [1.29, 1.82) is 0 Å². The van der Waals surface area contributed by atoms with Gasteiger partial charge in [-0.05, 0) is 44.2 Å². The molecule has 0 saturated heterocycles. The van der Waals surface area contributed by atoms with E-state index in [1.807, 2.05) is 25.1 Å². The first-order valence-electron chi connectivity index (χ1n) is 8.74. The second kappa shape index (κ2) is 8.70. The lowest BCUT2D eigenvalue weighted by Crippen LogP contribution is -2.43. The molecule has 8 heteroatoms. The van der Waals surface area contributed by atoms with E-state index in [9.17, 15) is 14.4 Å². The van der Waals surface area contributed by atoms with Crippen LogP contribution < -0.4 is 10.9 Å². The van der Waals surface area contributed by atoms with Gasteiger partial charge in [0.2, 0.25) is 0 Å². The number of aryl methyl sites for hydroxylation is 2. The van der Waals surface area contributed by atoms with Crippen molar-refractivity contribution in [3.63, 3.8) is 0 Å². The molecule has 0 aliphatic heterocycles. The van der Waals surface area contributed by atoms with Crippen LogP contribution in [0.4, 0.5) is 0 Å². The summed E-state index contributed by atoms with van der Waals surface area (Å²) >= 11 is 5.93. The van der Waals surface area contributed by atoms with Gasteiger partial charge in [0, 0.05) is 11.1 Å². The van der Waals surface area contributed by atoms with Crippen molar-refractivity contribution in [2.75, 3.05) is 6.61 Å². The molecule has 0 aliphatic rings. The molecule has 0 bridgehead atoms. The van der Waals surface area contributed by atoms with Gasteiger partial charge in [0.05, 0.1) is 21.7 Å². The highest BCUT2D eigenvalue weighted by molar-refractivity contribution is 6.33. The molecule has 3 rings (SSSR count). The van der Waals surface area contributed by atoms with E-state index >= 15 is 0 Å². The van der Waals surface area contributed by atoms with Gasteiger partial charge >= 0.3 is 5.97 Å². The van der Waals surface area contributed by atoms with Crippen molar-refractivity contribution < 1.29 is 19.1 Å². The van der Waals surface area contributed by atoms with E-state index < -0.39 is 24.4 Å². The van der Waals surface area contributed by atoms with Crippen LogP contribution in [0.3, 0.4) is 0 Å². The molecule has 0 atom stereocenters. The Bertz CT molecular complexity index is 1110. The highest BCUT2D eigenvalue weighted by Crippen LogP contribution is 2.21. The van der Waals surface area contributed by atoms with E-state index in [1.165, 1.54) is 6.07 Å². The average molecular weight is 412 g/mol. The molecule has 0 saturated carbocycles. The van der Waals surface area contributed by atoms with Gasteiger partial charge in [-0.3, -0.25) is 25.4 Å². The number of amides is 2. The van der Waals surface area contributed by atoms with E-state index in [2.05, 4.69) is 15.8 Å². The number of hydrazine groups is 1. The smallest absolute Gasteiger partial charge is 0.339 e. The normalized spacial score (nSPS) is 10.4. The summed E-state index contributed by atoms with van der Waals surface area (Å²) in [6.45, 7) is 3.12. The van der Waals surface area contributed by atoms with Crippen LogP contribution in [0, 0.1) is 13.8 Å². The Morgan fingerprint density at radius 3 is 2.52 bits per heavy atom. The first-order valence-corrected chi connectivity index (χ1v) is 9.12. The lowest BCUT2D eigenvalue weighted by molar-refractivity contribution is -0.125. The molecule has 1 heterocycles. The second-order valence-corrected chi connectivity index (χ2v) is 6.80. The van der Waals surface area contributed by atoms with Gasteiger partial charge in [-0.25, -0.2) is 4.79 Å². The van der Waals surface area contributed by atoms with Crippen molar-refractivity contribution in [3.05, 3.63) is 75.9 Å². The number of nitrogens with zero attached hydrogens (tertiary/aromatic N) is 1. The highest BCUT2D eigenvalue weighted by atomic mass is 35.5. The van der Waals surface area contributed by atoms with Crippen LogP contribution in [0.2, 0.25) is 5.02 Å². The summed E-state index contributed by atoms with van der Waals surface area (Å²) in [4.78, 5) is 40.8. The lowest BCUT2D eigenvalue weighted by Gasteiger charge is -2.10. The Balaban J connectivity index is 1.62. The van der Waals surface area contributed by atoms with Gasteiger partial charge in [-0.2, -0.15) is 0 Å². The van der Waals surface area contributed by atoms with Crippen LogP contribution in [0.5, 0.6) is 0 Å². The molecule has 29 heavy (non-hydrogen) atoms. The first-order chi connectivity index (χ1) is 13.8. The number of esters is 1. The second-order valence-electron chi connectivity index (χ2n) is 6.39. The summed E-state index contributed by atoms with van der Waals surface area (Å²) in [5, 5.41) is 0.897. The van der Waals surface area contributed by atoms with Crippen LogP contribution in [-0.4, -0.2) is 29.4 Å². The Kier molecular flexibility index (Phi) is 6.09. The number of hydrogen-bond acceptors (Lipinski definition) is 5. The Morgan fingerprint density at radius 1 is 1.00 bits per heavy atom. The molecule has 3 aromatic rings. The minimum absolute atomic E-state index is 0.209. The molecule has 7 nitrogen and oxygen atoms in total. The summed E-state index contributed by atoms with van der Waals surface area (Å²) in [6, 6.07) is 13.6. The molecule has 2 amide bonds. The van der Waals surface area contributed by atoms with Crippen molar-refractivity contribution in [3.8, 4) is 0 Å². The molecule has 0 unspecified atom stereocenters. The van der Waals surface area contributed by atoms with Crippen molar-refractivity contribution in [2.24, 2.45) is 0 Å². The lowest BCUT2D eigenvalue weighted by atomic mass is 10.1. The van der Waals surface area contributed by atoms with Crippen LogP contribution in [0.25, 0.3) is 10.9 Å². The Labute approximate surface area is 172 Å². The summed E-state index contributed by atoms with van der Waals surface area (Å²) in [7, 11) is 0. The summed E-state index contributed by atoms with van der Waals surface area (Å²) in [5.74, 6) is -1.93. The van der Waals surface area contributed by atoms with E-state index in [1.54, 1.807) is 31.2 Å². The predicted molar refractivity (Wildman–Crippen MR) is 109 cm³/mol. The molecule has 2 aromatic carbocycles. The van der Waals surface area contributed by atoms with Crippen LogP contribution >= 0.6 is 11.6 Å². The Morgan fingerprint density at radius 2 is 1.76 bits per heavy atom. The first kappa shape index (κ1) is 20.3. The van der Waals surface area contributed by atoms with Crippen LogP contribution in [0.1, 0.15) is 32.0 Å². The van der Waals surface area contributed by atoms with Crippen molar-refractivity contribution in [1.82, 2.24) is 15.8 Å². The zero-order valence-corrected chi connectivity index (χ0v) is 16.5. The summed E-state index contributed by atoms with van der Waals surface area (Å²) in [5.41, 5.74) is 7.24. The Hall–Kier alpha value is -3.45. The van der Waals surface area contributed by atoms with E-state index in [4.69, 9.17) is 16.3 Å². The van der Waals surface area contributed by atoms with E-state index in [0.29, 0.717) is 22.2 Å². The van der Waals surface area contributed by atoms with E-state index in [0.717, 1.165) is 5.56 Å². The van der Waals surface area contributed by atoms with Gasteiger partial charge in [0.1, 0.15) is 0 Å². The number of hydrogen-bond donors (Lipinski definition) is 2. The number of pyridine rings is 1. The van der Waals surface area contributed by atoms with Crippen LogP contribution in [0.15, 0.2) is 48.5 Å². The topological polar surface area (TPSA) is 97.4 Å². The fraction of sp³-hybridized carbons (Fsp3) is 0.143. The number of halogens is 1. The van der Waals surface area contributed by atoms with E-state index in [-0.39, 0.29) is 10.6 Å². The fourth-order valence-electron chi connectivity index (χ4n) is 2.72. The molecular weight excluding hydrogens is 394 g/mol. The quantitative estimate of drug-likeness (QED) is 0.507. The number of ether oxygens (including phenoxy) is 1. The SMILES string of the molecule is Cc1ccc2nc(C)cc(C(=O)OCC(=O)NNC(=O)c3ccccc3Cl)c2c1. The monoisotopic (exact) mass is 411 g/mol. The van der Waals surface area contributed by atoms with Gasteiger partial charge in [-0.15, -0.1) is 0 Å². The number of carbonyl (C=O) groups excluding carboxylic acids is 3. The zero-order chi connectivity index (χ0) is 21.0. The predicted octanol–water partition coefficient (Wildman–Crippen LogP) is 3.12. The highest BCUT2D eigenvalue weighted by Gasteiger charge is 2.16. The average Bonchev–Trinajstić information content (AvgIpc) is 2.70. The molecule has 0 aliphatic carbocycles. The molecule has 0 spiro atoms. The van der Waals surface area contributed by atoms with Gasteiger partial charge in [0.15, 0.2) is 6.61 Å².